The number of nitrogens with zero attached hydrogens (tertiary/aromatic N) is 3. The summed E-state index contributed by atoms with van der Waals surface area (Å²) in [5, 5.41) is 6.06. The summed E-state index contributed by atoms with van der Waals surface area (Å²) in [6.45, 7) is 5.86. The van der Waals surface area contributed by atoms with E-state index >= 15 is 0 Å². The summed E-state index contributed by atoms with van der Waals surface area (Å²) in [4.78, 5) is 32.2. The third-order valence-electron chi connectivity index (χ3n) is 5.91. The van der Waals surface area contributed by atoms with Crippen LogP contribution in [0.3, 0.4) is 0 Å². The van der Waals surface area contributed by atoms with Gasteiger partial charge in [0, 0.05) is 44.9 Å². The van der Waals surface area contributed by atoms with Crippen LogP contribution in [0, 0.1) is 0 Å². The molecule has 31 heavy (non-hydrogen) atoms. The van der Waals surface area contributed by atoms with Crippen molar-refractivity contribution in [1.29, 1.82) is 0 Å². The van der Waals surface area contributed by atoms with E-state index in [-0.39, 0.29) is 18.5 Å². The summed E-state index contributed by atoms with van der Waals surface area (Å²) in [5.41, 5.74) is 2.64. The lowest BCUT2D eigenvalue weighted by atomic mass is 10.0. The second kappa shape index (κ2) is 8.07. The largest absolute Gasteiger partial charge is 0.489 e. The lowest BCUT2D eigenvalue weighted by molar-refractivity contribution is -0.119. The maximum absolute atomic E-state index is 12.5. The van der Waals surface area contributed by atoms with Gasteiger partial charge in [-0.25, -0.2) is 9.78 Å². The number of nitrogens with one attached hydrogen (secondary N) is 2. The molecule has 3 aliphatic rings. The summed E-state index contributed by atoms with van der Waals surface area (Å²) in [6, 6.07) is 9.61. The van der Waals surface area contributed by atoms with Crippen molar-refractivity contribution in [3.63, 3.8) is 0 Å². The maximum atomic E-state index is 12.5. The van der Waals surface area contributed by atoms with Gasteiger partial charge in [-0.2, -0.15) is 0 Å². The number of benzene rings is 1. The normalized spacial score (nSPS) is 22.3. The highest BCUT2D eigenvalue weighted by Gasteiger charge is 2.46. The Balaban J connectivity index is 1.35. The van der Waals surface area contributed by atoms with Gasteiger partial charge in [0.25, 0.3) is 0 Å². The minimum absolute atomic E-state index is 0.159. The number of hydrogen-bond acceptors (Lipinski definition) is 7. The van der Waals surface area contributed by atoms with Crippen molar-refractivity contribution in [2.75, 3.05) is 49.1 Å². The van der Waals surface area contributed by atoms with Crippen molar-refractivity contribution in [3.05, 3.63) is 36.5 Å². The molecule has 2 atom stereocenters. The first kappa shape index (κ1) is 19.6. The Labute approximate surface area is 180 Å². The smallest absolute Gasteiger partial charge is 0.415 e. The van der Waals surface area contributed by atoms with Gasteiger partial charge in [0.1, 0.15) is 30.3 Å². The fourth-order valence-corrected chi connectivity index (χ4v) is 4.27. The topological polar surface area (TPSA) is 96.0 Å². The number of rotatable bonds is 4. The number of pyridine rings is 1. The molecule has 0 radical (unpaired) electrons. The molecule has 4 heterocycles. The zero-order valence-corrected chi connectivity index (χ0v) is 17.3. The van der Waals surface area contributed by atoms with Gasteiger partial charge in [-0.05, 0) is 29.8 Å². The number of anilines is 2. The average molecular weight is 423 g/mol. The molecule has 9 heteroatoms. The van der Waals surface area contributed by atoms with E-state index in [0.717, 1.165) is 43.1 Å². The molecule has 1 aromatic heterocycles. The molecular weight excluding hydrogens is 398 g/mol. The van der Waals surface area contributed by atoms with E-state index in [1.807, 2.05) is 30.5 Å². The number of fused-ring (bicyclic) bond motifs is 3. The Bertz CT molecular complexity index is 990. The lowest BCUT2D eigenvalue weighted by Gasteiger charge is -2.31. The minimum atomic E-state index is -0.439. The molecule has 0 aliphatic carbocycles. The van der Waals surface area contributed by atoms with E-state index in [1.165, 1.54) is 6.92 Å². The number of aromatic nitrogens is 1. The number of cyclic esters (lactones) is 1. The van der Waals surface area contributed by atoms with Crippen molar-refractivity contribution >= 4 is 23.5 Å². The number of carbonyl (C=O) groups is 2. The van der Waals surface area contributed by atoms with Gasteiger partial charge in [-0.3, -0.25) is 9.69 Å². The number of ether oxygens (including phenoxy) is 2. The molecule has 2 saturated heterocycles. The summed E-state index contributed by atoms with van der Waals surface area (Å²) in [5.74, 6) is 1.46. The van der Waals surface area contributed by atoms with Gasteiger partial charge in [-0.1, -0.05) is 6.07 Å². The number of carbonyl (C=O) groups excluding carboxylic acids is 2. The highest BCUT2D eigenvalue weighted by molar-refractivity contribution is 5.94. The van der Waals surface area contributed by atoms with Crippen LogP contribution in [0.2, 0.25) is 0 Å². The SMILES string of the molecule is CC(=O)NCC1OC(=O)N2c3ccc(-c4ccc(N5CCNCC5)nc4)cc3OCC12. The fourth-order valence-electron chi connectivity index (χ4n) is 4.27. The zero-order valence-electron chi connectivity index (χ0n) is 17.3. The first-order valence-electron chi connectivity index (χ1n) is 10.5. The van der Waals surface area contributed by atoms with Crippen molar-refractivity contribution in [1.82, 2.24) is 15.6 Å². The van der Waals surface area contributed by atoms with Crippen molar-refractivity contribution in [3.8, 4) is 16.9 Å². The number of piperazine rings is 1. The summed E-state index contributed by atoms with van der Waals surface area (Å²) in [6.07, 6.45) is 1.02. The molecule has 3 aliphatic heterocycles. The first-order chi connectivity index (χ1) is 15.1. The predicted molar refractivity (Wildman–Crippen MR) is 115 cm³/mol. The second-order valence-corrected chi connectivity index (χ2v) is 7.93. The van der Waals surface area contributed by atoms with E-state index in [4.69, 9.17) is 9.47 Å². The summed E-state index contributed by atoms with van der Waals surface area (Å²) < 4.78 is 11.5. The average Bonchev–Trinajstić information content (AvgIpc) is 3.14. The lowest BCUT2D eigenvalue weighted by Crippen LogP contribution is -2.47. The summed E-state index contributed by atoms with van der Waals surface area (Å²) >= 11 is 0. The fraction of sp³-hybridized carbons (Fsp3) is 0.409. The Morgan fingerprint density at radius 2 is 2.03 bits per heavy atom. The van der Waals surface area contributed by atoms with Crippen LogP contribution in [0.4, 0.5) is 16.3 Å². The van der Waals surface area contributed by atoms with Gasteiger partial charge in [0.15, 0.2) is 0 Å². The van der Waals surface area contributed by atoms with Crippen LogP contribution >= 0.6 is 0 Å². The van der Waals surface area contributed by atoms with E-state index in [2.05, 4.69) is 26.6 Å². The Hall–Kier alpha value is -3.33. The molecule has 0 bridgehead atoms. The predicted octanol–water partition coefficient (Wildman–Crippen LogP) is 1.38. The Morgan fingerprint density at radius 3 is 2.77 bits per heavy atom. The molecule has 2 fully saturated rings. The van der Waals surface area contributed by atoms with E-state index in [9.17, 15) is 9.59 Å². The molecule has 1 aromatic carbocycles. The maximum Gasteiger partial charge on any atom is 0.415 e. The van der Waals surface area contributed by atoms with Crippen LogP contribution in [0.1, 0.15) is 6.92 Å². The third-order valence-corrected chi connectivity index (χ3v) is 5.91. The van der Waals surface area contributed by atoms with Gasteiger partial charge >= 0.3 is 6.09 Å². The Kier molecular flexibility index (Phi) is 5.11. The van der Waals surface area contributed by atoms with Gasteiger partial charge in [0.2, 0.25) is 5.91 Å². The third kappa shape index (κ3) is 3.76. The van der Waals surface area contributed by atoms with Crippen LogP contribution in [0.5, 0.6) is 5.75 Å². The van der Waals surface area contributed by atoms with Crippen LogP contribution in [0.25, 0.3) is 11.1 Å². The number of amides is 2. The molecule has 5 rings (SSSR count). The monoisotopic (exact) mass is 423 g/mol. The van der Waals surface area contributed by atoms with Crippen LogP contribution < -0.4 is 25.2 Å². The van der Waals surface area contributed by atoms with Crippen molar-refractivity contribution < 1.29 is 19.1 Å². The highest BCUT2D eigenvalue weighted by Crippen LogP contribution is 2.41. The molecule has 9 nitrogen and oxygen atoms in total. The van der Waals surface area contributed by atoms with E-state index in [1.54, 1.807) is 4.90 Å². The summed E-state index contributed by atoms with van der Waals surface area (Å²) in [7, 11) is 0. The van der Waals surface area contributed by atoms with Crippen molar-refractivity contribution in [2.45, 2.75) is 19.1 Å². The van der Waals surface area contributed by atoms with Crippen LogP contribution in [-0.4, -0.2) is 68.5 Å². The van der Waals surface area contributed by atoms with E-state index < -0.39 is 12.2 Å². The zero-order chi connectivity index (χ0) is 21.4. The molecule has 0 spiro atoms. The van der Waals surface area contributed by atoms with E-state index in [0.29, 0.717) is 18.0 Å². The molecular formula is C22H25N5O4. The van der Waals surface area contributed by atoms with Crippen LogP contribution in [0.15, 0.2) is 36.5 Å². The van der Waals surface area contributed by atoms with Gasteiger partial charge < -0.3 is 25.0 Å². The molecule has 0 saturated carbocycles. The second-order valence-electron chi connectivity index (χ2n) is 7.93. The van der Waals surface area contributed by atoms with Gasteiger partial charge in [0.05, 0.1) is 12.2 Å². The molecule has 2 unspecified atom stereocenters. The molecule has 2 amide bonds. The van der Waals surface area contributed by atoms with Gasteiger partial charge in [-0.15, -0.1) is 0 Å². The molecule has 2 aromatic rings. The first-order valence-corrected chi connectivity index (χ1v) is 10.5. The number of hydrogen-bond donors (Lipinski definition) is 2. The standard InChI is InChI=1S/C22H25N5O4/c1-14(28)24-12-20-18-13-30-19-10-15(2-4-17(19)27(18)22(29)31-20)16-3-5-21(25-11-16)26-8-6-23-7-9-26/h2-5,10-11,18,20,23H,6-9,12-13H2,1H3,(H,24,28). The quantitative estimate of drug-likeness (QED) is 0.767. The van der Waals surface area contributed by atoms with Crippen molar-refractivity contribution in [2.24, 2.45) is 0 Å². The van der Waals surface area contributed by atoms with Crippen LogP contribution in [-0.2, 0) is 9.53 Å². The highest BCUT2D eigenvalue weighted by atomic mass is 16.6. The molecule has 2 N–H and O–H groups in total. The minimum Gasteiger partial charge on any atom is -0.489 e. The Morgan fingerprint density at radius 1 is 1.23 bits per heavy atom. The molecule has 162 valence electrons.